The van der Waals surface area contributed by atoms with E-state index in [-0.39, 0.29) is 23.2 Å². The lowest BCUT2D eigenvalue weighted by Gasteiger charge is -2.59. The van der Waals surface area contributed by atoms with Gasteiger partial charge < -0.3 is 9.53 Å². The summed E-state index contributed by atoms with van der Waals surface area (Å²) < 4.78 is 6.16. The van der Waals surface area contributed by atoms with E-state index in [9.17, 15) is 9.59 Å². The second kappa shape index (κ2) is 7.70. The number of esters is 1. The Balaban J connectivity index is 1.75. The first-order valence-corrected chi connectivity index (χ1v) is 12.0. The molecule has 0 amide bonds. The first-order valence-electron chi connectivity index (χ1n) is 10.9. The van der Waals surface area contributed by atoms with Gasteiger partial charge >= 0.3 is 5.97 Å². The zero-order valence-electron chi connectivity index (χ0n) is 18.3. The molecular formula is C24H37IO3. The second-order valence-corrected chi connectivity index (χ2v) is 13.8. The predicted octanol–water partition coefficient (Wildman–Crippen LogP) is 6.28. The molecule has 0 N–H and O–H groups in total. The first kappa shape index (κ1) is 22.3. The van der Waals surface area contributed by atoms with Crippen molar-refractivity contribution in [2.75, 3.05) is 6.61 Å². The summed E-state index contributed by atoms with van der Waals surface area (Å²) >= 11 is 2.65. The number of ether oxygens (including phenoxy) is 1. The van der Waals surface area contributed by atoms with Crippen LogP contribution in [0.25, 0.3) is 0 Å². The van der Waals surface area contributed by atoms with Crippen LogP contribution in [0.4, 0.5) is 0 Å². The molecule has 0 aromatic carbocycles. The summed E-state index contributed by atoms with van der Waals surface area (Å²) in [6, 6.07) is 0. The van der Waals surface area contributed by atoms with E-state index in [1.54, 1.807) is 19.4 Å². The molecule has 3 nitrogen and oxygen atoms in total. The van der Waals surface area contributed by atoms with E-state index in [4.69, 9.17) is 4.74 Å². The van der Waals surface area contributed by atoms with Gasteiger partial charge in [0.05, 0.1) is 13.0 Å². The highest BCUT2D eigenvalue weighted by Crippen LogP contribution is 2.63. The van der Waals surface area contributed by atoms with Crippen LogP contribution in [0.2, 0.25) is 0 Å². The minimum absolute atomic E-state index is 0.0326. The van der Waals surface area contributed by atoms with E-state index in [1.165, 1.54) is 38.5 Å². The molecule has 3 aliphatic rings. The Bertz CT molecular complexity index is 665. The molecule has 158 valence electrons. The number of rotatable bonds is 5. The van der Waals surface area contributed by atoms with Gasteiger partial charge in [-0.05, 0) is 55.8 Å². The lowest BCUT2D eigenvalue weighted by molar-refractivity contribution is -0.155. The van der Waals surface area contributed by atoms with Crippen LogP contribution in [0.5, 0.6) is 0 Å². The van der Waals surface area contributed by atoms with Crippen LogP contribution in [0.3, 0.4) is 0 Å². The maximum absolute atomic E-state index is 12.3. The Morgan fingerprint density at radius 1 is 1.29 bits per heavy atom. The molecule has 2 saturated carbocycles. The zero-order valence-corrected chi connectivity index (χ0v) is 20.4. The van der Waals surface area contributed by atoms with Crippen molar-refractivity contribution >= 4 is 34.8 Å². The Labute approximate surface area is 184 Å². The topological polar surface area (TPSA) is 43.4 Å². The molecule has 2 fully saturated rings. The van der Waals surface area contributed by atoms with Crippen molar-refractivity contribution in [2.45, 2.75) is 89.4 Å². The summed E-state index contributed by atoms with van der Waals surface area (Å²) in [5.74, 6) is 1.06. The molecule has 2 unspecified atom stereocenters. The summed E-state index contributed by atoms with van der Waals surface area (Å²) in [5, 5.41) is 0. The smallest absolute Gasteiger partial charge is 0.306 e. The SMILES string of the molecule is CC(C)(C=O)CC(=O)OC[C@]1(C)CCC[C@@]2(C)C3=CC[C@](C)(I)CC3CCC12. The average Bonchev–Trinajstić information content (AvgIpc) is 2.58. The molecule has 0 aromatic rings. The Hall–Kier alpha value is -0.390. The molecule has 4 heteroatoms. The molecule has 0 bridgehead atoms. The number of hydrogen-bond donors (Lipinski definition) is 0. The van der Waals surface area contributed by atoms with Crippen molar-refractivity contribution in [1.29, 1.82) is 0 Å². The van der Waals surface area contributed by atoms with E-state index in [1.807, 2.05) is 0 Å². The fourth-order valence-electron chi connectivity index (χ4n) is 6.39. The predicted molar refractivity (Wildman–Crippen MR) is 121 cm³/mol. The van der Waals surface area contributed by atoms with Gasteiger partial charge in [-0.1, -0.05) is 75.3 Å². The molecule has 0 heterocycles. The van der Waals surface area contributed by atoms with Gasteiger partial charge in [0.25, 0.3) is 0 Å². The van der Waals surface area contributed by atoms with Gasteiger partial charge in [0, 0.05) is 14.3 Å². The van der Waals surface area contributed by atoms with Crippen LogP contribution in [0.15, 0.2) is 11.6 Å². The van der Waals surface area contributed by atoms with Crippen LogP contribution in [-0.4, -0.2) is 22.3 Å². The van der Waals surface area contributed by atoms with Gasteiger partial charge in [-0.15, -0.1) is 0 Å². The summed E-state index contributed by atoms with van der Waals surface area (Å²) in [4.78, 5) is 23.5. The van der Waals surface area contributed by atoms with Crippen molar-refractivity contribution in [3.8, 4) is 0 Å². The third-order valence-electron chi connectivity index (χ3n) is 7.86. The lowest BCUT2D eigenvalue weighted by Crippen LogP contribution is -2.52. The number of allylic oxidation sites excluding steroid dienone is 2. The summed E-state index contributed by atoms with van der Waals surface area (Å²) in [6.45, 7) is 11.3. The summed E-state index contributed by atoms with van der Waals surface area (Å²) in [5.41, 5.74) is 1.34. The van der Waals surface area contributed by atoms with Gasteiger partial charge in [0.2, 0.25) is 0 Å². The first-order chi connectivity index (χ1) is 12.9. The van der Waals surface area contributed by atoms with E-state index in [2.05, 4.69) is 49.4 Å². The third-order valence-corrected chi connectivity index (χ3v) is 8.74. The second-order valence-electron chi connectivity index (χ2n) is 11.2. The molecule has 3 aliphatic carbocycles. The molecule has 5 atom stereocenters. The number of fused-ring (bicyclic) bond motifs is 3. The highest BCUT2D eigenvalue weighted by atomic mass is 127. The van der Waals surface area contributed by atoms with Crippen LogP contribution < -0.4 is 0 Å². The van der Waals surface area contributed by atoms with Crippen LogP contribution in [0, 0.1) is 28.1 Å². The number of carbonyl (C=O) groups is 2. The van der Waals surface area contributed by atoms with Crippen LogP contribution in [-0.2, 0) is 14.3 Å². The maximum atomic E-state index is 12.3. The molecule has 0 radical (unpaired) electrons. The van der Waals surface area contributed by atoms with Gasteiger partial charge in [-0.2, -0.15) is 0 Å². The van der Waals surface area contributed by atoms with Gasteiger partial charge in [0.1, 0.15) is 6.29 Å². The van der Waals surface area contributed by atoms with Crippen molar-refractivity contribution in [1.82, 2.24) is 0 Å². The zero-order chi connectivity index (χ0) is 20.8. The minimum Gasteiger partial charge on any atom is -0.465 e. The summed E-state index contributed by atoms with van der Waals surface area (Å²) in [7, 11) is 0. The number of halogens is 1. The van der Waals surface area contributed by atoms with Gasteiger partial charge in [-0.3, -0.25) is 4.79 Å². The average molecular weight is 500 g/mol. The van der Waals surface area contributed by atoms with E-state index in [0.717, 1.165) is 18.6 Å². The van der Waals surface area contributed by atoms with Gasteiger partial charge in [0.15, 0.2) is 0 Å². The molecule has 0 aromatic heterocycles. The highest BCUT2D eigenvalue weighted by molar-refractivity contribution is 14.1. The van der Waals surface area contributed by atoms with Crippen molar-refractivity contribution in [3.63, 3.8) is 0 Å². The third kappa shape index (κ3) is 4.37. The molecule has 28 heavy (non-hydrogen) atoms. The Morgan fingerprint density at radius 3 is 2.68 bits per heavy atom. The van der Waals surface area contributed by atoms with E-state index < -0.39 is 5.41 Å². The Kier molecular flexibility index (Phi) is 6.13. The van der Waals surface area contributed by atoms with Crippen molar-refractivity contribution in [3.05, 3.63) is 11.6 Å². The fourth-order valence-corrected chi connectivity index (χ4v) is 7.15. The monoisotopic (exact) mass is 500 g/mol. The lowest BCUT2D eigenvalue weighted by atomic mass is 9.47. The van der Waals surface area contributed by atoms with Gasteiger partial charge in [-0.25, -0.2) is 0 Å². The number of carbonyl (C=O) groups excluding carboxylic acids is 2. The number of hydrogen-bond acceptors (Lipinski definition) is 3. The van der Waals surface area contributed by atoms with Crippen molar-refractivity contribution < 1.29 is 14.3 Å². The largest absolute Gasteiger partial charge is 0.465 e. The molecule has 3 rings (SSSR count). The molecule has 0 aliphatic heterocycles. The van der Waals surface area contributed by atoms with Crippen LogP contribution >= 0.6 is 22.6 Å². The summed E-state index contributed by atoms with van der Waals surface area (Å²) in [6.07, 6.45) is 12.2. The minimum atomic E-state index is -0.643. The molecule has 0 spiro atoms. The molecule has 0 saturated heterocycles. The van der Waals surface area contributed by atoms with E-state index >= 15 is 0 Å². The fraction of sp³-hybridized carbons (Fsp3) is 0.833. The standard InChI is InChI=1S/C24H37IO3/c1-21(2,15-26)14-20(27)28-16-22(3)10-6-11-24(5)18-9-12-23(4,25)13-17(18)7-8-19(22)24/h9,15,17,19H,6-8,10-14,16H2,1-5H3/t17?,19?,22-,23-,24-/m0/s1. The number of aldehydes is 1. The quantitative estimate of drug-likeness (QED) is 0.147. The normalized spacial score (nSPS) is 40.7. The molecular weight excluding hydrogens is 463 g/mol. The van der Waals surface area contributed by atoms with Crippen LogP contribution in [0.1, 0.15) is 86.0 Å². The maximum Gasteiger partial charge on any atom is 0.306 e. The number of alkyl halides is 1. The van der Waals surface area contributed by atoms with E-state index in [0.29, 0.717) is 15.9 Å². The highest BCUT2D eigenvalue weighted by Gasteiger charge is 2.55. The van der Waals surface area contributed by atoms with Crippen molar-refractivity contribution in [2.24, 2.45) is 28.1 Å². The Morgan fingerprint density at radius 2 is 2.00 bits per heavy atom.